The second kappa shape index (κ2) is 9.24. The molecule has 2 nitrogen and oxygen atoms in total. The van der Waals surface area contributed by atoms with Crippen molar-refractivity contribution in [3.8, 4) is 0 Å². The number of aliphatic hydroxyl groups is 1. The maximum Gasteiger partial charge on any atom is 0.0824 e. The van der Waals surface area contributed by atoms with Crippen molar-refractivity contribution in [3.63, 3.8) is 0 Å². The summed E-state index contributed by atoms with van der Waals surface area (Å²) in [6.45, 7) is 11.4. The third kappa shape index (κ3) is 9.24. The third-order valence-corrected chi connectivity index (χ3v) is 0.998. The van der Waals surface area contributed by atoms with Crippen molar-refractivity contribution in [3.05, 3.63) is 24.0 Å². The van der Waals surface area contributed by atoms with Gasteiger partial charge in [0.2, 0.25) is 0 Å². The molecule has 0 aromatic carbocycles. The molecule has 11 heavy (non-hydrogen) atoms. The molecule has 2 heteroatoms. The molecule has 0 fully saturated rings. The average Bonchev–Trinajstić information content (AvgIpc) is 2.07. The Morgan fingerprint density at radius 2 is 2.00 bits per heavy atom. The first kappa shape index (κ1) is 12.9. The Balaban J connectivity index is 0. The molecular weight excluding hydrogens is 138 g/mol. The molecule has 0 aliphatic heterocycles. The Bertz CT molecular complexity index is 128. The standard InChI is InChI=1S/C7H13NO.C2H6/c1-4-6(2)8-7(3)5-9;1-2/h4,8-9H,3,5H2,1-2H3;1-2H3/b6-4-;. The molecule has 0 saturated carbocycles. The van der Waals surface area contributed by atoms with E-state index in [-0.39, 0.29) is 6.61 Å². The largest absolute Gasteiger partial charge is 0.390 e. The van der Waals surface area contributed by atoms with Crippen molar-refractivity contribution >= 4 is 0 Å². The van der Waals surface area contributed by atoms with Crippen LogP contribution in [0.5, 0.6) is 0 Å². The second-order valence-electron chi connectivity index (χ2n) is 1.86. The molecular formula is C9H19NO. The molecule has 0 rings (SSSR count). The van der Waals surface area contributed by atoms with Crippen molar-refractivity contribution in [2.75, 3.05) is 6.61 Å². The predicted octanol–water partition coefficient (Wildman–Crippen LogP) is 2.03. The summed E-state index contributed by atoms with van der Waals surface area (Å²) >= 11 is 0. The van der Waals surface area contributed by atoms with E-state index in [0.717, 1.165) is 5.70 Å². The van der Waals surface area contributed by atoms with Crippen LogP contribution in [0.1, 0.15) is 27.7 Å². The smallest absolute Gasteiger partial charge is 0.0824 e. The highest BCUT2D eigenvalue weighted by Gasteiger charge is 1.87. The van der Waals surface area contributed by atoms with Gasteiger partial charge in [0.25, 0.3) is 0 Å². The minimum atomic E-state index is -0.00875. The second-order valence-corrected chi connectivity index (χ2v) is 1.86. The highest BCUT2D eigenvalue weighted by molar-refractivity contribution is 5.04. The first-order chi connectivity index (χ1) is 5.20. The lowest BCUT2D eigenvalue weighted by atomic mass is 10.4. The fourth-order valence-electron chi connectivity index (χ4n) is 0.391. The summed E-state index contributed by atoms with van der Waals surface area (Å²) in [7, 11) is 0. The number of hydrogen-bond donors (Lipinski definition) is 2. The number of hydrogen-bond acceptors (Lipinski definition) is 2. The van der Waals surface area contributed by atoms with Crippen molar-refractivity contribution < 1.29 is 5.11 Å². The summed E-state index contributed by atoms with van der Waals surface area (Å²) < 4.78 is 0. The predicted molar refractivity (Wildman–Crippen MR) is 50.1 cm³/mol. The minimum absolute atomic E-state index is 0.00875. The molecule has 0 radical (unpaired) electrons. The Morgan fingerprint density at radius 1 is 1.55 bits per heavy atom. The van der Waals surface area contributed by atoms with E-state index < -0.39 is 0 Å². The van der Waals surface area contributed by atoms with Gasteiger partial charge >= 0.3 is 0 Å². The molecule has 0 amide bonds. The number of rotatable bonds is 3. The van der Waals surface area contributed by atoms with E-state index in [4.69, 9.17) is 5.11 Å². The van der Waals surface area contributed by atoms with Crippen LogP contribution < -0.4 is 5.32 Å². The van der Waals surface area contributed by atoms with Gasteiger partial charge in [-0.2, -0.15) is 0 Å². The van der Waals surface area contributed by atoms with Gasteiger partial charge in [0.15, 0.2) is 0 Å². The topological polar surface area (TPSA) is 32.3 Å². The van der Waals surface area contributed by atoms with Crippen LogP contribution in [0.3, 0.4) is 0 Å². The van der Waals surface area contributed by atoms with Gasteiger partial charge < -0.3 is 10.4 Å². The van der Waals surface area contributed by atoms with Gasteiger partial charge in [0.05, 0.1) is 6.61 Å². The maximum absolute atomic E-state index is 8.49. The molecule has 0 aliphatic carbocycles. The van der Waals surface area contributed by atoms with Gasteiger partial charge in [-0.05, 0) is 13.8 Å². The lowest BCUT2D eigenvalue weighted by Gasteiger charge is -2.04. The molecule has 0 unspecified atom stereocenters. The van der Waals surface area contributed by atoms with E-state index in [1.807, 2.05) is 33.8 Å². The molecule has 66 valence electrons. The lowest BCUT2D eigenvalue weighted by molar-refractivity contribution is 0.325. The van der Waals surface area contributed by atoms with Gasteiger partial charge in [-0.15, -0.1) is 0 Å². The zero-order chi connectivity index (χ0) is 9.28. The highest BCUT2D eigenvalue weighted by Crippen LogP contribution is 1.89. The van der Waals surface area contributed by atoms with Gasteiger partial charge in [-0.3, -0.25) is 0 Å². The van der Waals surface area contributed by atoms with Crippen LogP contribution in [0.2, 0.25) is 0 Å². The van der Waals surface area contributed by atoms with Crippen LogP contribution in [-0.4, -0.2) is 11.7 Å². The lowest BCUT2D eigenvalue weighted by Crippen LogP contribution is -2.11. The highest BCUT2D eigenvalue weighted by atomic mass is 16.3. The van der Waals surface area contributed by atoms with Crippen LogP contribution in [-0.2, 0) is 0 Å². The van der Waals surface area contributed by atoms with Gasteiger partial charge in [-0.1, -0.05) is 26.5 Å². The molecule has 2 N–H and O–H groups in total. The van der Waals surface area contributed by atoms with Crippen molar-refractivity contribution in [2.24, 2.45) is 0 Å². The molecule has 0 saturated heterocycles. The van der Waals surface area contributed by atoms with E-state index in [1.165, 1.54) is 0 Å². The van der Waals surface area contributed by atoms with Gasteiger partial charge in [-0.25, -0.2) is 0 Å². The summed E-state index contributed by atoms with van der Waals surface area (Å²) in [4.78, 5) is 0. The summed E-state index contributed by atoms with van der Waals surface area (Å²) in [6, 6.07) is 0. The first-order valence-electron chi connectivity index (χ1n) is 3.89. The van der Waals surface area contributed by atoms with E-state index in [1.54, 1.807) is 0 Å². The van der Waals surface area contributed by atoms with E-state index in [9.17, 15) is 0 Å². The molecule has 0 heterocycles. The number of allylic oxidation sites excluding steroid dienone is 2. The molecule has 0 aliphatic rings. The Morgan fingerprint density at radius 3 is 2.27 bits per heavy atom. The van der Waals surface area contributed by atoms with Crippen LogP contribution in [0.4, 0.5) is 0 Å². The van der Waals surface area contributed by atoms with E-state index in [0.29, 0.717) is 5.70 Å². The third-order valence-electron chi connectivity index (χ3n) is 0.998. The summed E-state index contributed by atoms with van der Waals surface area (Å²) in [6.07, 6.45) is 1.92. The number of nitrogens with one attached hydrogen (secondary N) is 1. The Labute approximate surface area is 69.6 Å². The van der Waals surface area contributed by atoms with Crippen molar-refractivity contribution in [1.82, 2.24) is 5.32 Å². The Hall–Kier alpha value is -0.760. The molecule has 0 spiro atoms. The van der Waals surface area contributed by atoms with Crippen LogP contribution in [0.15, 0.2) is 24.0 Å². The zero-order valence-corrected chi connectivity index (χ0v) is 7.94. The maximum atomic E-state index is 8.49. The fourth-order valence-corrected chi connectivity index (χ4v) is 0.391. The first-order valence-corrected chi connectivity index (χ1v) is 3.89. The van der Waals surface area contributed by atoms with Crippen LogP contribution in [0, 0.1) is 0 Å². The summed E-state index contributed by atoms with van der Waals surface area (Å²) in [5, 5.41) is 11.4. The fraction of sp³-hybridized carbons (Fsp3) is 0.556. The monoisotopic (exact) mass is 157 g/mol. The van der Waals surface area contributed by atoms with Gasteiger partial charge in [0, 0.05) is 11.4 Å². The summed E-state index contributed by atoms with van der Waals surface area (Å²) in [5.41, 5.74) is 1.64. The molecule has 0 atom stereocenters. The van der Waals surface area contributed by atoms with E-state index in [2.05, 4.69) is 11.9 Å². The van der Waals surface area contributed by atoms with Crippen LogP contribution in [0.25, 0.3) is 0 Å². The Kier molecular flexibility index (Phi) is 10.8. The van der Waals surface area contributed by atoms with Crippen molar-refractivity contribution in [2.45, 2.75) is 27.7 Å². The minimum Gasteiger partial charge on any atom is -0.390 e. The average molecular weight is 157 g/mol. The quantitative estimate of drug-likeness (QED) is 0.657. The SMILES string of the molecule is C=C(CO)N/C(C)=C\C.CC. The molecule has 0 bridgehead atoms. The normalized spacial score (nSPS) is 9.73. The zero-order valence-electron chi connectivity index (χ0n) is 7.94. The molecule has 0 aromatic heterocycles. The van der Waals surface area contributed by atoms with Gasteiger partial charge in [0.1, 0.15) is 0 Å². The van der Waals surface area contributed by atoms with Crippen LogP contribution >= 0.6 is 0 Å². The summed E-state index contributed by atoms with van der Waals surface area (Å²) in [5.74, 6) is 0. The van der Waals surface area contributed by atoms with Crippen molar-refractivity contribution in [1.29, 1.82) is 0 Å². The molecule has 0 aromatic rings. The van der Waals surface area contributed by atoms with E-state index >= 15 is 0 Å². The number of aliphatic hydroxyl groups excluding tert-OH is 1.